The molecule has 0 atom stereocenters. The quantitative estimate of drug-likeness (QED) is 0.669. The number of hydrogen-bond acceptors (Lipinski definition) is 2. The van der Waals surface area contributed by atoms with Crippen molar-refractivity contribution in [3.8, 4) is 0 Å². The maximum atomic E-state index is 13.5. The maximum absolute atomic E-state index is 13.5. The number of nitrogen functional groups attached to an aromatic ring is 1. The number of halogens is 2. The van der Waals surface area contributed by atoms with Crippen molar-refractivity contribution in [3.05, 3.63) is 58.3 Å². The van der Waals surface area contributed by atoms with Gasteiger partial charge in [-0.25, -0.2) is 4.39 Å². The number of nitrogens with two attached hydrogens (primary N) is 1. The lowest BCUT2D eigenvalue weighted by Gasteiger charge is -2.06. The van der Waals surface area contributed by atoms with Gasteiger partial charge in [0.05, 0.1) is 0 Å². The van der Waals surface area contributed by atoms with Crippen LogP contribution in [0.15, 0.2) is 51.8 Å². The van der Waals surface area contributed by atoms with Gasteiger partial charge in [0.2, 0.25) is 0 Å². The van der Waals surface area contributed by atoms with E-state index in [9.17, 15) is 4.39 Å². The molecule has 0 aliphatic carbocycles. The van der Waals surface area contributed by atoms with Crippen LogP contribution in [0, 0.1) is 5.82 Å². The van der Waals surface area contributed by atoms with E-state index in [4.69, 9.17) is 5.73 Å². The van der Waals surface area contributed by atoms with Gasteiger partial charge in [0.15, 0.2) is 0 Å². The molecule has 0 radical (unpaired) electrons. The van der Waals surface area contributed by atoms with Gasteiger partial charge < -0.3 is 5.73 Å². The summed E-state index contributed by atoms with van der Waals surface area (Å²) in [4.78, 5) is 0.979. The van der Waals surface area contributed by atoms with Crippen LogP contribution in [0.25, 0.3) is 0 Å². The zero-order valence-electron chi connectivity index (χ0n) is 8.99. The molecule has 0 unspecified atom stereocenters. The van der Waals surface area contributed by atoms with Gasteiger partial charge in [-0.05, 0) is 35.9 Å². The van der Waals surface area contributed by atoms with Crippen LogP contribution in [0.5, 0.6) is 0 Å². The highest BCUT2D eigenvalue weighted by Crippen LogP contribution is 2.29. The first-order chi connectivity index (χ1) is 8.16. The third-order valence-electron chi connectivity index (χ3n) is 2.31. The minimum atomic E-state index is -0.185. The summed E-state index contributed by atoms with van der Waals surface area (Å²) < 4.78 is 14.4. The average molecular weight is 312 g/mol. The lowest BCUT2D eigenvalue weighted by molar-refractivity contribution is 0.617. The molecule has 2 rings (SSSR count). The van der Waals surface area contributed by atoms with Gasteiger partial charge >= 0.3 is 0 Å². The Kier molecular flexibility index (Phi) is 4.07. The van der Waals surface area contributed by atoms with Crippen LogP contribution >= 0.6 is 27.7 Å². The molecular formula is C13H11BrFNS. The largest absolute Gasteiger partial charge is 0.398 e. The van der Waals surface area contributed by atoms with Crippen molar-refractivity contribution in [3.63, 3.8) is 0 Å². The van der Waals surface area contributed by atoms with Crippen LogP contribution in [0.1, 0.15) is 5.56 Å². The van der Waals surface area contributed by atoms with Gasteiger partial charge in [-0.15, -0.1) is 11.8 Å². The van der Waals surface area contributed by atoms with E-state index in [-0.39, 0.29) is 5.82 Å². The molecule has 0 aliphatic rings. The number of hydrogen-bond donors (Lipinski definition) is 1. The Bertz CT molecular complexity index is 531. The molecule has 17 heavy (non-hydrogen) atoms. The fourth-order valence-corrected chi connectivity index (χ4v) is 2.77. The summed E-state index contributed by atoms with van der Waals surface area (Å²) in [6, 6.07) is 12.6. The Balaban J connectivity index is 2.12. The molecule has 0 aliphatic heterocycles. The predicted molar refractivity (Wildman–Crippen MR) is 74.5 cm³/mol. The molecule has 2 N–H and O–H groups in total. The standard InChI is InChI=1S/C13H11BrFNS/c14-10-5-6-11(15)9(7-10)8-17-13-4-2-1-3-12(13)16/h1-7H,8,16H2. The minimum Gasteiger partial charge on any atom is -0.398 e. The molecule has 0 spiro atoms. The van der Waals surface area contributed by atoms with Crippen LogP contribution in [0.3, 0.4) is 0 Å². The first-order valence-electron chi connectivity index (χ1n) is 5.08. The van der Waals surface area contributed by atoms with E-state index in [2.05, 4.69) is 15.9 Å². The predicted octanol–water partition coefficient (Wildman–Crippen LogP) is 4.46. The van der Waals surface area contributed by atoms with E-state index in [0.717, 1.165) is 15.1 Å². The van der Waals surface area contributed by atoms with Crippen molar-refractivity contribution in [2.24, 2.45) is 0 Å². The van der Waals surface area contributed by atoms with Crippen LogP contribution in [0.4, 0.5) is 10.1 Å². The smallest absolute Gasteiger partial charge is 0.127 e. The van der Waals surface area contributed by atoms with Crippen molar-refractivity contribution in [1.82, 2.24) is 0 Å². The number of rotatable bonds is 3. The lowest BCUT2D eigenvalue weighted by atomic mass is 10.2. The molecule has 0 heterocycles. The fourth-order valence-electron chi connectivity index (χ4n) is 1.42. The summed E-state index contributed by atoms with van der Waals surface area (Å²) in [5, 5.41) is 0. The summed E-state index contributed by atoms with van der Waals surface area (Å²) in [7, 11) is 0. The second-order valence-corrected chi connectivity index (χ2v) is 5.50. The highest BCUT2D eigenvalue weighted by atomic mass is 79.9. The van der Waals surface area contributed by atoms with E-state index in [0.29, 0.717) is 11.3 Å². The molecule has 0 saturated heterocycles. The molecule has 0 aromatic heterocycles. The van der Waals surface area contributed by atoms with Crippen molar-refractivity contribution >= 4 is 33.4 Å². The van der Waals surface area contributed by atoms with Crippen molar-refractivity contribution in [1.29, 1.82) is 0 Å². The normalized spacial score (nSPS) is 10.5. The van der Waals surface area contributed by atoms with Gasteiger partial charge in [-0.1, -0.05) is 28.1 Å². The van der Waals surface area contributed by atoms with E-state index < -0.39 is 0 Å². The first-order valence-corrected chi connectivity index (χ1v) is 6.86. The molecule has 1 nitrogen and oxygen atoms in total. The van der Waals surface area contributed by atoms with Crippen molar-refractivity contribution in [2.45, 2.75) is 10.6 Å². The first kappa shape index (κ1) is 12.5. The summed E-state index contributed by atoms with van der Waals surface area (Å²) in [5.41, 5.74) is 7.23. The van der Waals surface area contributed by atoms with Crippen LogP contribution in [-0.2, 0) is 5.75 Å². The molecule has 0 saturated carbocycles. The van der Waals surface area contributed by atoms with E-state index in [1.54, 1.807) is 12.1 Å². The Hall–Kier alpha value is -1.00. The molecule has 0 amide bonds. The number of benzene rings is 2. The highest BCUT2D eigenvalue weighted by molar-refractivity contribution is 9.10. The summed E-state index contributed by atoms with van der Waals surface area (Å²) in [5.74, 6) is 0.384. The Morgan fingerprint density at radius 1 is 1.18 bits per heavy atom. The Morgan fingerprint density at radius 2 is 1.94 bits per heavy atom. The van der Waals surface area contributed by atoms with Crippen molar-refractivity contribution < 1.29 is 4.39 Å². The topological polar surface area (TPSA) is 26.0 Å². The number of para-hydroxylation sites is 1. The molecular weight excluding hydrogens is 301 g/mol. The molecule has 0 bridgehead atoms. The van der Waals surface area contributed by atoms with Gasteiger partial charge in [-0.2, -0.15) is 0 Å². The Labute approximate surface area is 112 Å². The van der Waals surface area contributed by atoms with Gasteiger partial charge in [0.25, 0.3) is 0 Å². The highest BCUT2D eigenvalue weighted by Gasteiger charge is 2.05. The zero-order chi connectivity index (χ0) is 12.3. The lowest BCUT2D eigenvalue weighted by Crippen LogP contribution is -1.90. The third-order valence-corrected chi connectivity index (χ3v) is 3.94. The average Bonchev–Trinajstić information content (AvgIpc) is 2.32. The Morgan fingerprint density at radius 3 is 2.71 bits per heavy atom. The van der Waals surface area contributed by atoms with E-state index in [1.165, 1.54) is 17.8 Å². The van der Waals surface area contributed by atoms with Gasteiger partial charge in [0, 0.05) is 20.8 Å². The van der Waals surface area contributed by atoms with Gasteiger partial charge in [0.1, 0.15) is 5.82 Å². The minimum absolute atomic E-state index is 0.185. The van der Waals surface area contributed by atoms with Crippen LogP contribution < -0.4 is 5.73 Å². The van der Waals surface area contributed by atoms with E-state index >= 15 is 0 Å². The summed E-state index contributed by atoms with van der Waals surface area (Å²) >= 11 is 4.87. The van der Waals surface area contributed by atoms with Gasteiger partial charge in [-0.3, -0.25) is 0 Å². The maximum Gasteiger partial charge on any atom is 0.127 e. The molecule has 2 aromatic rings. The molecule has 0 fully saturated rings. The van der Waals surface area contributed by atoms with Crippen LogP contribution in [-0.4, -0.2) is 0 Å². The molecule has 88 valence electrons. The third kappa shape index (κ3) is 3.23. The van der Waals surface area contributed by atoms with Crippen LogP contribution in [0.2, 0.25) is 0 Å². The second-order valence-electron chi connectivity index (χ2n) is 3.56. The monoisotopic (exact) mass is 311 g/mol. The molecule has 2 aromatic carbocycles. The fraction of sp³-hybridized carbons (Fsp3) is 0.0769. The zero-order valence-corrected chi connectivity index (χ0v) is 11.4. The van der Waals surface area contributed by atoms with E-state index in [1.807, 2.05) is 24.3 Å². The number of anilines is 1. The summed E-state index contributed by atoms with van der Waals surface area (Å²) in [6.45, 7) is 0. The SMILES string of the molecule is Nc1ccccc1SCc1cc(Br)ccc1F. The summed E-state index contributed by atoms with van der Waals surface area (Å²) in [6.07, 6.45) is 0. The second kappa shape index (κ2) is 5.56. The number of thioether (sulfide) groups is 1. The van der Waals surface area contributed by atoms with Crippen molar-refractivity contribution in [2.75, 3.05) is 5.73 Å². The molecule has 4 heteroatoms.